The minimum absolute atomic E-state index is 0.212. The van der Waals surface area contributed by atoms with Crippen LogP contribution in [-0.4, -0.2) is 23.0 Å². The summed E-state index contributed by atoms with van der Waals surface area (Å²) in [5.41, 5.74) is 2.15. The number of amidine groups is 1. The highest BCUT2D eigenvalue weighted by atomic mass is 35.5. The molecule has 0 atom stereocenters. The Morgan fingerprint density at radius 2 is 2.00 bits per heavy atom. The zero-order valence-electron chi connectivity index (χ0n) is 13.8. The van der Waals surface area contributed by atoms with Gasteiger partial charge < -0.3 is 0 Å². The molecule has 1 aliphatic heterocycles. The summed E-state index contributed by atoms with van der Waals surface area (Å²) in [7, 11) is 1.66. The van der Waals surface area contributed by atoms with Gasteiger partial charge in [0.05, 0.1) is 15.6 Å². The Labute approximate surface area is 155 Å². The lowest BCUT2D eigenvalue weighted by Crippen LogP contribution is -2.23. The number of hydrogen-bond donors (Lipinski definition) is 0. The van der Waals surface area contributed by atoms with Gasteiger partial charge >= 0.3 is 0 Å². The molecule has 0 saturated carbocycles. The minimum atomic E-state index is -0.460. The molecule has 128 valence electrons. The van der Waals surface area contributed by atoms with Gasteiger partial charge in [-0.3, -0.25) is 9.69 Å². The van der Waals surface area contributed by atoms with Gasteiger partial charge in [0, 0.05) is 12.6 Å². The topological polar surface area (TPSA) is 32.7 Å². The summed E-state index contributed by atoms with van der Waals surface area (Å²) in [5, 5.41) is 0.829. The number of thioether (sulfide) groups is 1. The number of carbonyl (C=O) groups is 1. The Hall–Kier alpha value is -2.11. The van der Waals surface area contributed by atoms with E-state index in [4.69, 9.17) is 11.6 Å². The maximum atomic E-state index is 14.0. The molecule has 1 amide bonds. The molecule has 1 aliphatic rings. The van der Waals surface area contributed by atoms with Crippen LogP contribution < -0.4 is 0 Å². The number of carbonyl (C=O) groups excluding carboxylic acids is 1. The number of nitrogens with zero attached hydrogens (tertiary/aromatic N) is 2. The van der Waals surface area contributed by atoms with Crippen LogP contribution in [0.1, 0.15) is 18.1 Å². The third-order valence-corrected chi connectivity index (χ3v) is 5.26. The first-order valence-corrected chi connectivity index (χ1v) is 8.99. The molecule has 1 saturated heterocycles. The van der Waals surface area contributed by atoms with Gasteiger partial charge in [0.2, 0.25) is 0 Å². The summed E-state index contributed by atoms with van der Waals surface area (Å²) in [5.74, 6) is -0.685. The molecular weight excluding hydrogens is 359 g/mol. The van der Waals surface area contributed by atoms with Gasteiger partial charge in [-0.2, -0.15) is 0 Å². The van der Waals surface area contributed by atoms with Gasteiger partial charge in [0.25, 0.3) is 5.91 Å². The number of halogens is 2. The zero-order valence-corrected chi connectivity index (χ0v) is 15.4. The lowest BCUT2D eigenvalue weighted by atomic mass is 10.1. The molecule has 3 nitrogen and oxygen atoms in total. The number of likely N-dealkylation sites (N-methyl/N-ethyl adjacent to an activating group) is 1. The van der Waals surface area contributed by atoms with Crippen molar-refractivity contribution in [3.63, 3.8) is 0 Å². The second kappa shape index (κ2) is 7.42. The van der Waals surface area contributed by atoms with Gasteiger partial charge in [-0.25, -0.2) is 9.38 Å². The molecule has 2 aromatic rings. The normalized spacial score (nSPS) is 17.8. The number of aryl methyl sites for hydroxylation is 1. The largest absolute Gasteiger partial charge is 0.290 e. The number of hydrogen-bond acceptors (Lipinski definition) is 3. The molecule has 6 heteroatoms. The van der Waals surface area contributed by atoms with Gasteiger partial charge in [-0.05, 0) is 48.0 Å². The van der Waals surface area contributed by atoms with Crippen LogP contribution in [0.3, 0.4) is 0 Å². The standard InChI is InChI=1S/C19H16ClFN2OS/c1-3-12-7-4-5-10-16(12)22-19-23(2)18(24)17(25-19)11-13-14(20)8-6-9-15(13)21/h4-11H,3H2,1-2H3/b17-11+,22-19?. The Morgan fingerprint density at radius 1 is 1.24 bits per heavy atom. The van der Waals surface area contributed by atoms with E-state index >= 15 is 0 Å². The SMILES string of the molecule is CCc1ccccc1N=C1S/C(=C/c2c(F)cccc2Cl)C(=O)N1C. The van der Waals surface area contributed by atoms with Crippen LogP contribution in [-0.2, 0) is 11.2 Å². The first kappa shape index (κ1) is 17.7. The molecule has 0 spiro atoms. The predicted molar refractivity (Wildman–Crippen MR) is 103 cm³/mol. The second-order valence-electron chi connectivity index (χ2n) is 5.49. The highest BCUT2D eigenvalue weighted by Crippen LogP contribution is 2.35. The fraction of sp³-hybridized carbons (Fsp3) is 0.158. The molecule has 3 rings (SSSR count). The second-order valence-corrected chi connectivity index (χ2v) is 6.90. The van der Waals surface area contributed by atoms with Crippen molar-refractivity contribution in [2.45, 2.75) is 13.3 Å². The fourth-order valence-corrected chi connectivity index (χ4v) is 3.63. The van der Waals surface area contributed by atoms with Crippen molar-refractivity contribution >= 4 is 46.2 Å². The molecule has 25 heavy (non-hydrogen) atoms. The van der Waals surface area contributed by atoms with E-state index in [0.717, 1.165) is 17.7 Å². The van der Waals surface area contributed by atoms with Crippen molar-refractivity contribution in [3.8, 4) is 0 Å². The van der Waals surface area contributed by atoms with Crippen molar-refractivity contribution in [1.82, 2.24) is 4.90 Å². The van der Waals surface area contributed by atoms with Crippen LogP contribution in [0.15, 0.2) is 52.4 Å². The highest BCUT2D eigenvalue weighted by molar-refractivity contribution is 8.18. The molecular formula is C19H16ClFN2OS. The van der Waals surface area contributed by atoms with Crippen molar-refractivity contribution < 1.29 is 9.18 Å². The first-order valence-electron chi connectivity index (χ1n) is 7.79. The fourth-order valence-electron chi connectivity index (χ4n) is 2.45. The number of aliphatic imine (C=N–C) groups is 1. The number of rotatable bonds is 3. The van der Waals surface area contributed by atoms with Crippen LogP contribution in [0.4, 0.5) is 10.1 Å². The van der Waals surface area contributed by atoms with E-state index in [1.165, 1.54) is 34.9 Å². The molecule has 0 N–H and O–H groups in total. The minimum Gasteiger partial charge on any atom is -0.290 e. The Morgan fingerprint density at radius 3 is 2.72 bits per heavy atom. The third kappa shape index (κ3) is 3.62. The smallest absolute Gasteiger partial charge is 0.266 e. The van der Waals surface area contributed by atoms with E-state index < -0.39 is 5.82 Å². The first-order chi connectivity index (χ1) is 12.0. The Kier molecular flexibility index (Phi) is 5.25. The monoisotopic (exact) mass is 374 g/mol. The maximum absolute atomic E-state index is 14.0. The molecule has 0 aliphatic carbocycles. The van der Waals surface area contributed by atoms with Gasteiger partial charge in [0.1, 0.15) is 5.82 Å². The van der Waals surface area contributed by atoms with Gasteiger partial charge in [0.15, 0.2) is 5.17 Å². The van der Waals surface area contributed by atoms with Gasteiger partial charge in [-0.1, -0.05) is 42.8 Å². The average molecular weight is 375 g/mol. The average Bonchev–Trinajstić information content (AvgIpc) is 2.87. The zero-order chi connectivity index (χ0) is 18.0. The summed E-state index contributed by atoms with van der Waals surface area (Å²) < 4.78 is 14.0. The lowest BCUT2D eigenvalue weighted by molar-refractivity contribution is -0.121. The maximum Gasteiger partial charge on any atom is 0.266 e. The van der Waals surface area contributed by atoms with E-state index in [-0.39, 0.29) is 16.5 Å². The van der Waals surface area contributed by atoms with E-state index in [2.05, 4.69) is 11.9 Å². The molecule has 0 unspecified atom stereocenters. The van der Waals surface area contributed by atoms with Crippen molar-refractivity contribution in [3.05, 3.63) is 69.3 Å². The van der Waals surface area contributed by atoms with Crippen LogP contribution in [0.2, 0.25) is 5.02 Å². The third-order valence-electron chi connectivity index (χ3n) is 3.87. The van der Waals surface area contributed by atoms with E-state index in [1.807, 2.05) is 24.3 Å². The summed E-state index contributed by atoms with van der Waals surface area (Å²) in [4.78, 5) is 19.0. The molecule has 0 aromatic heterocycles. The lowest BCUT2D eigenvalue weighted by Gasteiger charge is -2.08. The van der Waals surface area contributed by atoms with Gasteiger partial charge in [-0.15, -0.1) is 0 Å². The molecule has 0 bridgehead atoms. The highest BCUT2D eigenvalue weighted by Gasteiger charge is 2.31. The van der Waals surface area contributed by atoms with Crippen LogP contribution in [0.5, 0.6) is 0 Å². The number of para-hydroxylation sites is 1. The Balaban J connectivity index is 1.98. The molecule has 1 heterocycles. The Bertz CT molecular complexity index is 874. The number of amides is 1. The predicted octanol–water partition coefficient (Wildman–Crippen LogP) is 5.28. The van der Waals surface area contributed by atoms with Crippen LogP contribution in [0.25, 0.3) is 6.08 Å². The van der Waals surface area contributed by atoms with E-state index in [1.54, 1.807) is 13.1 Å². The summed E-state index contributed by atoms with van der Waals surface area (Å²) in [6.45, 7) is 2.06. The molecule has 1 fully saturated rings. The van der Waals surface area contributed by atoms with Crippen molar-refractivity contribution in [1.29, 1.82) is 0 Å². The quantitative estimate of drug-likeness (QED) is 0.685. The summed E-state index contributed by atoms with van der Waals surface area (Å²) in [6, 6.07) is 12.2. The van der Waals surface area contributed by atoms with Crippen molar-refractivity contribution in [2.24, 2.45) is 4.99 Å². The van der Waals surface area contributed by atoms with Crippen molar-refractivity contribution in [2.75, 3.05) is 7.05 Å². The summed E-state index contributed by atoms with van der Waals surface area (Å²) in [6.07, 6.45) is 2.33. The number of benzene rings is 2. The van der Waals surface area contributed by atoms with E-state index in [9.17, 15) is 9.18 Å². The van der Waals surface area contributed by atoms with Crippen LogP contribution >= 0.6 is 23.4 Å². The van der Waals surface area contributed by atoms with E-state index in [0.29, 0.717) is 10.1 Å². The summed E-state index contributed by atoms with van der Waals surface area (Å²) >= 11 is 7.26. The van der Waals surface area contributed by atoms with Crippen LogP contribution in [0, 0.1) is 5.82 Å². The molecule has 2 aromatic carbocycles. The molecule has 0 radical (unpaired) electrons.